The highest BCUT2D eigenvalue weighted by Crippen LogP contribution is 2.62. The molecule has 1 unspecified atom stereocenters. The summed E-state index contributed by atoms with van der Waals surface area (Å²) in [7, 11) is -4.17. The topological polar surface area (TPSA) is 83.8 Å². The molecule has 14 heavy (non-hydrogen) atoms. The summed E-state index contributed by atoms with van der Waals surface area (Å²) >= 11 is 3.28. The molecule has 1 fully saturated rings. The van der Waals surface area contributed by atoms with Gasteiger partial charge in [-0.25, -0.2) is 3.97 Å². The summed E-state index contributed by atoms with van der Waals surface area (Å²) in [5.41, 5.74) is 0. The van der Waals surface area contributed by atoms with E-state index < -0.39 is 18.7 Å². The first kappa shape index (κ1) is 12.0. The van der Waals surface area contributed by atoms with Crippen LogP contribution in [0.2, 0.25) is 0 Å². The molecule has 7 heteroatoms. The van der Waals surface area contributed by atoms with Crippen LogP contribution in [-0.4, -0.2) is 21.1 Å². The monoisotopic (exact) mass is 240 g/mol. The van der Waals surface area contributed by atoms with Crippen molar-refractivity contribution in [2.24, 2.45) is 0 Å². The van der Waals surface area contributed by atoms with Crippen molar-refractivity contribution in [1.82, 2.24) is 0 Å². The molecule has 5 nitrogen and oxygen atoms in total. The summed E-state index contributed by atoms with van der Waals surface area (Å²) in [4.78, 5) is 20.5. The molecule has 2 N–H and O–H groups in total. The molecule has 0 bridgehead atoms. The predicted molar refractivity (Wildman–Crippen MR) is 53.3 cm³/mol. The molecule has 82 valence electrons. The lowest BCUT2D eigenvalue weighted by Crippen LogP contribution is -2.40. The Labute approximate surface area is 87.6 Å². The maximum Gasteiger partial charge on any atom is 0.356 e. The SMILES string of the molecule is O=C(O)C1(P(=O)(O)OS)CCCCC1. The van der Waals surface area contributed by atoms with Crippen LogP contribution >= 0.6 is 20.5 Å². The van der Waals surface area contributed by atoms with Gasteiger partial charge in [0.15, 0.2) is 5.16 Å². The minimum absolute atomic E-state index is 0.177. The molecule has 0 saturated heterocycles. The smallest absolute Gasteiger partial charge is 0.356 e. The van der Waals surface area contributed by atoms with E-state index in [0.29, 0.717) is 12.8 Å². The first-order valence-corrected chi connectivity index (χ1v) is 6.30. The van der Waals surface area contributed by atoms with Crippen LogP contribution in [0.3, 0.4) is 0 Å². The van der Waals surface area contributed by atoms with E-state index in [-0.39, 0.29) is 12.8 Å². The average molecular weight is 240 g/mol. The molecule has 0 aromatic heterocycles. The molecule has 0 aromatic rings. The summed E-state index contributed by atoms with van der Waals surface area (Å²) in [5, 5.41) is 7.36. The molecule has 0 aliphatic heterocycles. The Morgan fingerprint density at radius 3 is 2.21 bits per heavy atom. The zero-order valence-corrected chi connectivity index (χ0v) is 9.34. The van der Waals surface area contributed by atoms with Crippen molar-refractivity contribution in [3.8, 4) is 0 Å². The van der Waals surface area contributed by atoms with E-state index in [2.05, 4.69) is 16.9 Å². The second-order valence-corrected chi connectivity index (χ2v) is 6.05. The number of hydrogen-bond acceptors (Lipinski definition) is 4. The second kappa shape index (κ2) is 4.23. The molecule has 0 radical (unpaired) electrons. The highest BCUT2D eigenvalue weighted by Gasteiger charge is 2.55. The quantitative estimate of drug-likeness (QED) is 0.398. The van der Waals surface area contributed by atoms with Crippen LogP contribution in [0.1, 0.15) is 32.1 Å². The summed E-state index contributed by atoms with van der Waals surface area (Å²) in [6.07, 6.45) is 2.51. The first-order chi connectivity index (χ1) is 6.46. The lowest BCUT2D eigenvalue weighted by atomic mass is 9.88. The summed E-state index contributed by atoms with van der Waals surface area (Å²) in [6, 6.07) is 0. The number of hydrogen-bond donors (Lipinski definition) is 3. The fraction of sp³-hybridized carbons (Fsp3) is 0.857. The Bertz CT molecular complexity index is 273. The van der Waals surface area contributed by atoms with Crippen LogP contribution in [0.25, 0.3) is 0 Å². The van der Waals surface area contributed by atoms with E-state index in [4.69, 9.17) is 5.11 Å². The molecule has 1 atom stereocenters. The normalized spacial score (nSPS) is 25.3. The molecular formula is C7H13O5PS. The van der Waals surface area contributed by atoms with Gasteiger partial charge in [0.2, 0.25) is 0 Å². The van der Waals surface area contributed by atoms with Gasteiger partial charge in [-0.2, -0.15) is 0 Å². The average Bonchev–Trinajstić information content (AvgIpc) is 2.18. The third kappa shape index (κ3) is 1.84. The molecule has 1 aliphatic rings. The Morgan fingerprint density at radius 2 is 1.86 bits per heavy atom. The van der Waals surface area contributed by atoms with Crippen LogP contribution in [0, 0.1) is 0 Å². The minimum Gasteiger partial charge on any atom is -0.480 e. The van der Waals surface area contributed by atoms with Gasteiger partial charge in [0.05, 0.1) is 0 Å². The number of thiol groups is 1. The molecule has 0 heterocycles. The Kier molecular flexibility index (Phi) is 3.63. The van der Waals surface area contributed by atoms with Crippen molar-refractivity contribution >= 4 is 26.5 Å². The summed E-state index contributed by atoms with van der Waals surface area (Å²) in [5.74, 6) is -1.27. The van der Waals surface area contributed by atoms with E-state index in [9.17, 15) is 14.3 Å². The van der Waals surface area contributed by atoms with Gasteiger partial charge in [0.1, 0.15) is 0 Å². The largest absolute Gasteiger partial charge is 0.480 e. The van der Waals surface area contributed by atoms with E-state index in [1.54, 1.807) is 0 Å². The second-order valence-electron chi connectivity index (χ2n) is 3.50. The Hall–Kier alpha value is -0.0300. The Morgan fingerprint density at radius 1 is 1.36 bits per heavy atom. The van der Waals surface area contributed by atoms with E-state index in [1.165, 1.54) is 0 Å². The summed E-state index contributed by atoms with van der Waals surface area (Å²) < 4.78 is 15.7. The van der Waals surface area contributed by atoms with E-state index in [1.807, 2.05) is 0 Å². The minimum atomic E-state index is -4.17. The van der Waals surface area contributed by atoms with Crippen molar-refractivity contribution in [3.63, 3.8) is 0 Å². The van der Waals surface area contributed by atoms with Crippen molar-refractivity contribution in [1.29, 1.82) is 0 Å². The highest BCUT2D eigenvalue weighted by atomic mass is 32.1. The Balaban J connectivity index is 3.03. The third-order valence-electron chi connectivity index (χ3n) is 2.73. The van der Waals surface area contributed by atoms with Gasteiger partial charge in [0.25, 0.3) is 0 Å². The van der Waals surface area contributed by atoms with Crippen molar-refractivity contribution in [3.05, 3.63) is 0 Å². The third-order valence-corrected chi connectivity index (χ3v) is 5.34. The predicted octanol–water partition coefficient (Wildman–Crippen LogP) is 1.82. The van der Waals surface area contributed by atoms with Crippen LogP contribution in [-0.2, 0) is 13.3 Å². The van der Waals surface area contributed by atoms with Crippen LogP contribution in [0.15, 0.2) is 0 Å². The molecule has 1 saturated carbocycles. The maximum atomic E-state index is 11.6. The van der Waals surface area contributed by atoms with Gasteiger partial charge in [-0.15, -0.1) is 0 Å². The lowest BCUT2D eigenvalue weighted by molar-refractivity contribution is -0.141. The first-order valence-electron chi connectivity index (χ1n) is 4.36. The maximum absolute atomic E-state index is 11.6. The zero-order valence-electron chi connectivity index (χ0n) is 7.55. The van der Waals surface area contributed by atoms with Gasteiger partial charge in [-0.3, -0.25) is 9.36 Å². The molecule has 1 rings (SSSR count). The number of aliphatic carboxylic acids is 1. The molecule has 1 aliphatic carbocycles. The fourth-order valence-electron chi connectivity index (χ4n) is 1.83. The van der Waals surface area contributed by atoms with Crippen molar-refractivity contribution < 1.29 is 23.3 Å². The standard InChI is InChI=1S/C7H13O5PS/c8-6(9)7(13(10,11)12-14)4-2-1-3-5-7/h14H,1-5H2,(H,8,9)(H,10,11). The van der Waals surface area contributed by atoms with E-state index in [0.717, 1.165) is 6.42 Å². The molecule has 0 aromatic carbocycles. The molecular weight excluding hydrogens is 227 g/mol. The van der Waals surface area contributed by atoms with Crippen LogP contribution < -0.4 is 0 Å². The van der Waals surface area contributed by atoms with Gasteiger partial charge < -0.3 is 10.00 Å². The lowest BCUT2D eigenvalue weighted by Gasteiger charge is -2.34. The van der Waals surface area contributed by atoms with Crippen LogP contribution in [0.5, 0.6) is 0 Å². The fourth-order valence-corrected chi connectivity index (χ4v) is 3.58. The van der Waals surface area contributed by atoms with Gasteiger partial charge >= 0.3 is 13.6 Å². The summed E-state index contributed by atoms with van der Waals surface area (Å²) in [6.45, 7) is 0. The zero-order chi connectivity index (χ0) is 10.8. The number of carboxylic acid groups (broad SMARTS) is 1. The van der Waals surface area contributed by atoms with Gasteiger partial charge in [-0.05, 0) is 25.8 Å². The number of carbonyl (C=O) groups is 1. The highest BCUT2D eigenvalue weighted by molar-refractivity contribution is 7.81. The van der Waals surface area contributed by atoms with Gasteiger partial charge in [0, 0.05) is 0 Å². The molecule has 0 spiro atoms. The number of carboxylic acids is 1. The molecule has 0 amide bonds. The van der Waals surface area contributed by atoms with Gasteiger partial charge in [-0.1, -0.05) is 19.3 Å². The van der Waals surface area contributed by atoms with E-state index >= 15 is 0 Å². The van der Waals surface area contributed by atoms with Crippen molar-refractivity contribution in [2.45, 2.75) is 37.3 Å². The van der Waals surface area contributed by atoms with Crippen LogP contribution in [0.4, 0.5) is 0 Å². The van der Waals surface area contributed by atoms with Crippen molar-refractivity contribution in [2.75, 3.05) is 0 Å². The number of rotatable bonds is 3.